The fraction of sp³-hybridized carbons (Fsp3) is 0.364. The summed E-state index contributed by atoms with van der Waals surface area (Å²) in [4.78, 5) is 13.0. The highest BCUT2D eigenvalue weighted by Gasteiger charge is 2.09. The second-order valence-electron chi connectivity index (χ2n) is 3.45. The molecule has 0 bridgehead atoms. The number of nitrogens with zero attached hydrogens (tertiary/aromatic N) is 1. The van der Waals surface area contributed by atoms with Gasteiger partial charge in [-0.25, -0.2) is 0 Å². The van der Waals surface area contributed by atoms with Crippen LogP contribution in [0.4, 0.5) is 11.4 Å². The zero-order chi connectivity index (χ0) is 12.1. The van der Waals surface area contributed by atoms with Gasteiger partial charge in [0.15, 0.2) is 0 Å². The lowest BCUT2D eigenvalue weighted by Crippen LogP contribution is -2.33. The van der Waals surface area contributed by atoms with Crippen molar-refractivity contribution >= 4 is 17.3 Å². The molecule has 0 aliphatic heterocycles. The lowest BCUT2D eigenvalue weighted by molar-refractivity contribution is -0.119. The number of anilines is 2. The molecule has 1 aromatic carbocycles. The monoisotopic (exact) mass is 223 g/mol. The van der Waals surface area contributed by atoms with Crippen molar-refractivity contribution in [2.45, 2.75) is 0 Å². The van der Waals surface area contributed by atoms with Crippen LogP contribution in [-0.2, 0) is 4.79 Å². The third-order valence-corrected chi connectivity index (χ3v) is 2.31. The summed E-state index contributed by atoms with van der Waals surface area (Å²) in [6.07, 6.45) is 0. The van der Waals surface area contributed by atoms with E-state index in [1.165, 1.54) is 0 Å². The predicted octanol–water partition coefficient (Wildman–Crippen LogP) is 0.460. The van der Waals surface area contributed by atoms with Gasteiger partial charge < -0.3 is 20.7 Å². The molecular formula is C11H17N3O2. The summed E-state index contributed by atoms with van der Waals surface area (Å²) in [5.74, 6) is 0.651. The van der Waals surface area contributed by atoms with Gasteiger partial charge in [-0.2, -0.15) is 0 Å². The highest BCUT2D eigenvalue weighted by Crippen LogP contribution is 2.26. The van der Waals surface area contributed by atoms with Gasteiger partial charge in [0, 0.05) is 20.2 Å². The fourth-order valence-corrected chi connectivity index (χ4v) is 1.36. The summed E-state index contributed by atoms with van der Waals surface area (Å²) in [6.45, 7) is 0.258. The minimum Gasteiger partial charge on any atom is -0.497 e. The Balaban J connectivity index is 2.88. The number of rotatable bonds is 4. The Bertz CT molecular complexity index is 379. The van der Waals surface area contributed by atoms with Crippen molar-refractivity contribution < 1.29 is 9.53 Å². The van der Waals surface area contributed by atoms with Crippen LogP contribution in [0, 0.1) is 0 Å². The number of carbonyl (C=O) groups excluding carboxylic acids is 1. The van der Waals surface area contributed by atoms with Crippen molar-refractivity contribution in [2.75, 3.05) is 38.4 Å². The molecule has 0 spiro atoms. The molecule has 1 aromatic rings. The van der Waals surface area contributed by atoms with E-state index in [9.17, 15) is 4.79 Å². The first kappa shape index (κ1) is 12.2. The van der Waals surface area contributed by atoms with Gasteiger partial charge in [-0.3, -0.25) is 4.79 Å². The number of amides is 1. The van der Waals surface area contributed by atoms with Crippen LogP contribution in [0.15, 0.2) is 18.2 Å². The summed E-state index contributed by atoms with van der Waals surface area (Å²) in [7, 11) is 5.00. The molecule has 0 aromatic heterocycles. The number of carbonyl (C=O) groups is 1. The van der Waals surface area contributed by atoms with Crippen molar-refractivity contribution in [3.05, 3.63) is 18.2 Å². The molecule has 88 valence electrons. The average molecular weight is 223 g/mol. The summed E-state index contributed by atoms with van der Waals surface area (Å²) < 4.78 is 5.11. The van der Waals surface area contributed by atoms with Crippen LogP contribution in [0.1, 0.15) is 0 Å². The smallest absolute Gasteiger partial charge is 0.239 e. The van der Waals surface area contributed by atoms with Crippen LogP contribution in [0.3, 0.4) is 0 Å². The zero-order valence-electron chi connectivity index (χ0n) is 9.78. The van der Waals surface area contributed by atoms with Gasteiger partial charge in [-0.05, 0) is 12.1 Å². The maximum Gasteiger partial charge on any atom is 0.239 e. The molecule has 16 heavy (non-hydrogen) atoms. The van der Waals surface area contributed by atoms with E-state index in [1.54, 1.807) is 44.3 Å². The number of nitrogens with one attached hydrogen (secondary N) is 1. The molecule has 0 saturated heterocycles. The van der Waals surface area contributed by atoms with E-state index in [-0.39, 0.29) is 12.5 Å². The Morgan fingerprint density at radius 3 is 2.81 bits per heavy atom. The number of benzene rings is 1. The lowest BCUT2D eigenvalue weighted by atomic mass is 10.2. The molecule has 0 aliphatic carbocycles. The summed E-state index contributed by atoms with van der Waals surface area (Å²) in [6, 6.07) is 5.35. The van der Waals surface area contributed by atoms with E-state index in [4.69, 9.17) is 10.5 Å². The topological polar surface area (TPSA) is 67.6 Å². The van der Waals surface area contributed by atoms with Crippen LogP contribution in [0.2, 0.25) is 0 Å². The summed E-state index contributed by atoms with van der Waals surface area (Å²) in [5.41, 5.74) is 7.23. The second kappa shape index (κ2) is 5.25. The van der Waals surface area contributed by atoms with Gasteiger partial charge >= 0.3 is 0 Å². The summed E-state index contributed by atoms with van der Waals surface area (Å²) in [5, 5.41) is 2.56. The molecule has 0 aliphatic rings. The van der Waals surface area contributed by atoms with Crippen molar-refractivity contribution in [3.63, 3.8) is 0 Å². The molecule has 0 unspecified atom stereocenters. The number of methoxy groups -OCH3 is 1. The first-order valence-corrected chi connectivity index (χ1v) is 4.93. The fourth-order valence-electron chi connectivity index (χ4n) is 1.36. The molecule has 0 heterocycles. The van der Waals surface area contributed by atoms with Crippen molar-refractivity contribution in [1.82, 2.24) is 5.32 Å². The van der Waals surface area contributed by atoms with Gasteiger partial charge in [-0.15, -0.1) is 0 Å². The molecule has 0 fully saturated rings. The van der Waals surface area contributed by atoms with Crippen LogP contribution in [-0.4, -0.2) is 33.7 Å². The number of hydrogen-bond acceptors (Lipinski definition) is 4. The van der Waals surface area contributed by atoms with Crippen molar-refractivity contribution in [1.29, 1.82) is 0 Å². The molecular weight excluding hydrogens is 206 g/mol. The van der Waals surface area contributed by atoms with Gasteiger partial charge in [0.05, 0.1) is 25.0 Å². The molecule has 0 saturated carbocycles. The average Bonchev–Trinajstić information content (AvgIpc) is 2.29. The molecule has 5 nitrogen and oxygen atoms in total. The minimum atomic E-state index is -0.0651. The largest absolute Gasteiger partial charge is 0.497 e. The standard InChI is InChI=1S/C11H17N3O2/c1-13-11(15)7-14(2)10-6-8(16-3)4-5-9(10)12/h4-6H,7,12H2,1-3H3,(H,13,15). The number of nitrogen functional groups attached to an aromatic ring is 1. The predicted molar refractivity (Wildman–Crippen MR) is 64.7 cm³/mol. The SMILES string of the molecule is CNC(=O)CN(C)c1cc(OC)ccc1N. The van der Waals surface area contributed by atoms with E-state index in [0.29, 0.717) is 11.4 Å². The lowest BCUT2D eigenvalue weighted by Gasteiger charge is -2.20. The molecule has 1 amide bonds. The molecule has 3 N–H and O–H groups in total. The molecule has 1 rings (SSSR count). The minimum absolute atomic E-state index is 0.0651. The van der Waals surface area contributed by atoms with Crippen LogP contribution in [0.25, 0.3) is 0 Å². The van der Waals surface area contributed by atoms with Crippen LogP contribution in [0.5, 0.6) is 5.75 Å². The first-order chi connectivity index (χ1) is 7.58. The quantitative estimate of drug-likeness (QED) is 0.728. The highest BCUT2D eigenvalue weighted by molar-refractivity contribution is 5.82. The van der Waals surface area contributed by atoms with Crippen molar-refractivity contribution in [3.8, 4) is 5.75 Å². The van der Waals surface area contributed by atoms with Crippen LogP contribution >= 0.6 is 0 Å². The Kier molecular flexibility index (Phi) is 3.99. The number of hydrogen-bond donors (Lipinski definition) is 2. The Hall–Kier alpha value is -1.91. The Morgan fingerprint density at radius 1 is 1.56 bits per heavy atom. The van der Waals surface area contributed by atoms with Gasteiger partial charge in [0.1, 0.15) is 5.75 Å². The van der Waals surface area contributed by atoms with E-state index in [2.05, 4.69) is 5.32 Å². The molecule has 5 heteroatoms. The normalized spacial score (nSPS) is 9.69. The van der Waals surface area contributed by atoms with E-state index in [0.717, 1.165) is 5.69 Å². The maximum absolute atomic E-state index is 11.2. The van der Waals surface area contributed by atoms with Crippen LogP contribution < -0.4 is 20.7 Å². The third-order valence-electron chi connectivity index (χ3n) is 2.31. The summed E-state index contributed by atoms with van der Waals surface area (Å²) >= 11 is 0. The van der Waals surface area contributed by atoms with E-state index < -0.39 is 0 Å². The van der Waals surface area contributed by atoms with Gasteiger partial charge in [0.2, 0.25) is 5.91 Å². The third kappa shape index (κ3) is 2.79. The Morgan fingerprint density at radius 2 is 2.25 bits per heavy atom. The first-order valence-electron chi connectivity index (χ1n) is 4.93. The molecule has 0 radical (unpaired) electrons. The number of likely N-dealkylation sites (N-methyl/N-ethyl adjacent to an activating group) is 2. The second-order valence-corrected chi connectivity index (χ2v) is 3.45. The number of ether oxygens (including phenoxy) is 1. The van der Waals surface area contributed by atoms with Gasteiger partial charge in [-0.1, -0.05) is 0 Å². The van der Waals surface area contributed by atoms with E-state index >= 15 is 0 Å². The van der Waals surface area contributed by atoms with E-state index in [1.807, 2.05) is 0 Å². The van der Waals surface area contributed by atoms with Gasteiger partial charge in [0.25, 0.3) is 0 Å². The molecule has 0 atom stereocenters. The zero-order valence-corrected chi connectivity index (χ0v) is 9.78. The number of nitrogens with two attached hydrogens (primary N) is 1. The Labute approximate surface area is 95.2 Å². The maximum atomic E-state index is 11.2. The highest BCUT2D eigenvalue weighted by atomic mass is 16.5. The van der Waals surface area contributed by atoms with Crippen molar-refractivity contribution in [2.24, 2.45) is 0 Å².